The summed E-state index contributed by atoms with van der Waals surface area (Å²) in [6.45, 7) is 7.74. The highest BCUT2D eigenvalue weighted by Gasteiger charge is 2.19. The van der Waals surface area contributed by atoms with Crippen LogP contribution in [0.5, 0.6) is 0 Å². The lowest BCUT2D eigenvalue weighted by molar-refractivity contribution is -0.123. The van der Waals surface area contributed by atoms with Gasteiger partial charge in [-0.3, -0.25) is 14.2 Å². The van der Waals surface area contributed by atoms with Crippen LogP contribution >= 0.6 is 0 Å². The topological polar surface area (TPSA) is 99.1 Å². The second-order valence-corrected chi connectivity index (χ2v) is 5.74. The molecule has 3 N–H and O–H groups in total. The zero-order valence-electron chi connectivity index (χ0n) is 13.1. The van der Waals surface area contributed by atoms with Crippen LogP contribution in [0.2, 0.25) is 0 Å². The summed E-state index contributed by atoms with van der Waals surface area (Å²) in [5.41, 5.74) is 4.06. The normalized spacial score (nSPS) is 11.4. The van der Waals surface area contributed by atoms with E-state index in [2.05, 4.69) is 5.32 Å². The van der Waals surface area contributed by atoms with Gasteiger partial charge in [-0.2, -0.15) is 0 Å². The number of hydrogen-bond donors (Lipinski definition) is 2. The fourth-order valence-corrected chi connectivity index (χ4v) is 1.87. The van der Waals surface area contributed by atoms with Crippen molar-refractivity contribution >= 4 is 11.6 Å². The molecule has 0 spiro atoms. The van der Waals surface area contributed by atoms with Gasteiger partial charge in [0.15, 0.2) is 0 Å². The minimum Gasteiger partial charge on any atom is -0.393 e. The van der Waals surface area contributed by atoms with E-state index in [1.807, 2.05) is 27.7 Å². The standard InChI is InChI=1S/C14H24N4O3/c1-5-7-17-8-10(15)12(20)18(13(17)21)9-11(19)16-14(3,4)6-2/h8H,5-7,9,15H2,1-4H3,(H,16,19). The molecule has 0 bridgehead atoms. The Balaban J connectivity index is 3.11. The van der Waals surface area contributed by atoms with Crippen LogP contribution in [0.25, 0.3) is 0 Å². The van der Waals surface area contributed by atoms with Crippen LogP contribution in [0.3, 0.4) is 0 Å². The van der Waals surface area contributed by atoms with Crippen molar-refractivity contribution in [2.24, 2.45) is 0 Å². The van der Waals surface area contributed by atoms with E-state index in [-0.39, 0.29) is 23.7 Å². The van der Waals surface area contributed by atoms with Crippen LogP contribution < -0.4 is 22.3 Å². The van der Waals surface area contributed by atoms with Gasteiger partial charge >= 0.3 is 5.69 Å². The maximum absolute atomic E-state index is 12.2. The predicted molar refractivity (Wildman–Crippen MR) is 82.2 cm³/mol. The van der Waals surface area contributed by atoms with E-state index in [9.17, 15) is 14.4 Å². The molecule has 0 aliphatic rings. The number of nitrogens with two attached hydrogens (primary N) is 1. The first-order valence-electron chi connectivity index (χ1n) is 7.12. The highest BCUT2D eigenvalue weighted by atomic mass is 16.2. The number of anilines is 1. The number of amides is 1. The van der Waals surface area contributed by atoms with Crippen molar-refractivity contribution in [3.05, 3.63) is 27.0 Å². The second-order valence-electron chi connectivity index (χ2n) is 5.74. The maximum Gasteiger partial charge on any atom is 0.331 e. The van der Waals surface area contributed by atoms with Gasteiger partial charge in [0.1, 0.15) is 12.2 Å². The smallest absolute Gasteiger partial charge is 0.331 e. The van der Waals surface area contributed by atoms with Crippen LogP contribution in [0, 0.1) is 0 Å². The van der Waals surface area contributed by atoms with E-state index in [0.29, 0.717) is 6.54 Å². The number of hydrogen-bond acceptors (Lipinski definition) is 4. The average molecular weight is 296 g/mol. The molecule has 0 radical (unpaired) electrons. The molecule has 1 amide bonds. The highest BCUT2D eigenvalue weighted by Crippen LogP contribution is 2.06. The van der Waals surface area contributed by atoms with Gasteiger partial charge in [0, 0.05) is 18.3 Å². The number of aryl methyl sites for hydroxylation is 1. The molecule has 0 aliphatic heterocycles. The largest absolute Gasteiger partial charge is 0.393 e. The lowest BCUT2D eigenvalue weighted by Gasteiger charge is -2.24. The summed E-state index contributed by atoms with van der Waals surface area (Å²) < 4.78 is 2.24. The number of nitrogens with zero attached hydrogens (tertiary/aromatic N) is 2. The van der Waals surface area contributed by atoms with Crippen molar-refractivity contribution < 1.29 is 4.79 Å². The van der Waals surface area contributed by atoms with E-state index in [0.717, 1.165) is 17.4 Å². The third kappa shape index (κ3) is 4.21. The van der Waals surface area contributed by atoms with Crippen LogP contribution in [-0.2, 0) is 17.9 Å². The van der Waals surface area contributed by atoms with Crippen molar-refractivity contribution in [2.75, 3.05) is 5.73 Å². The number of carbonyl (C=O) groups excluding carboxylic acids is 1. The molecule has 118 valence electrons. The van der Waals surface area contributed by atoms with Crippen LogP contribution in [0.4, 0.5) is 5.69 Å². The van der Waals surface area contributed by atoms with E-state index in [4.69, 9.17) is 5.73 Å². The van der Waals surface area contributed by atoms with E-state index >= 15 is 0 Å². The minimum atomic E-state index is -0.628. The first-order chi connectivity index (χ1) is 9.71. The zero-order valence-corrected chi connectivity index (χ0v) is 13.1. The van der Waals surface area contributed by atoms with E-state index in [1.54, 1.807) is 0 Å². The molecule has 1 rings (SSSR count). The molecule has 0 saturated carbocycles. The van der Waals surface area contributed by atoms with Gasteiger partial charge in [0.05, 0.1) is 0 Å². The Morgan fingerprint density at radius 3 is 2.48 bits per heavy atom. The van der Waals surface area contributed by atoms with Gasteiger partial charge in [0.25, 0.3) is 5.56 Å². The van der Waals surface area contributed by atoms with Crippen molar-refractivity contribution in [1.82, 2.24) is 14.5 Å². The Morgan fingerprint density at radius 2 is 1.95 bits per heavy atom. The quantitative estimate of drug-likeness (QED) is 0.789. The third-order valence-corrected chi connectivity index (χ3v) is 3.39. The second kappa shape index (κ2) is 6.60. The molecular formula is C14H24N4O3. The van der Waals surface area contributed by atoms with Gasteiger partial charge in [-0.15, -0.1) is 0 Å². The summed E-state index contributed by atoms with van der Waals surface area (Å²) in [5, 5.41) is 2.79. The molecule has 0 saturated heterocycles. The minimum absolute atomic E-state index is 0.0365. The summed E-state index contributed by atoms with van der Waals surface area (Å²) in [6, 6.07) is 0. The molecule has 1 aromatic rings. The fraction of sp³-hybridized carbons (Fsp3) is 0.643. The van der Waals surface area contributed by atoms with Crippen molar-refractivity contribution in [1.29, 1.82) is 0 Å². The van der Waals surface area contributed by atoms with Crippen LogP contribution in [-0.4, -0.2) is 20.6 Å². The molecule has 0 unspecified atom stereocenters. The number of rotatable bonds is 6. The van der Waals surface area contributed by atoms with Crippen molar-refractivity contribution in [3.8, 4) is 0 Å². The molecule has 7 heteroatoms. The van der Waals surface area contributed by atoms with Crippen molar-refractivity contribution in [3.63, 3.8) is 0 Å². The summed E-state index contributed by atoms with van der Waals surface area (Å²) >= 11 is 0. The first-order valence-corrected chi connectivity index (χ1v) is 7.12. The molecular weight excluding hydrogens is 272 g/mol. The van der Waals surface area contributed by atoms with Gasteiger partial charge in [-0.05, 0) is 26.7 Å². The monoisotopic (exact) mass is 296 g/mol. The maximum atomic E-state index is 12.2. The van der Waals surface area contributed by atoms with Gasteiger partial charge < -0.3 is 11.1 Å². The zero-order chi connectivity index (χ0) is 16.2. The average Bonchev–Trinajstić information content (AvgIpc) is 2.40. The Bertz CT molecular complexity index is 628. The molecule has 7 nitrogen and oxygen atoms in total. The Labute approximate surface area is 123 Å². The SMILES string of the molecule is CCCn1cc(N)c(=O)n(CC(=O)NC(C)(C)CC)c1=O. The molecule has 0 aromatic carbocycles. The molecule has 1 aromatic heterocycles. The summed E-state index contributed by atoms with van der Waals surface area (Å²) in [5.74, 6) is -0.380. The van der Waals surface area contributed by atoms with E-state index < -0.39 is 11.2 Å². The molecule has 0 atom stereocenters. The summed E-state index contributed by atoms with van der Waals surface area (Å²) in [7, 11) is 0. The summed E-state index contributed by atoms with van der Waals surface area (Å²) in [6.07, 6.45) is 2.80. The molecule has 0 fully saturated rings. The highest BCUT2D eigenvalue weighted by molar-refractivity contribution is 5.76. The van der Waals surface area contributed by atoms with Gasteiger partial charge in [0.2, 0.25) is 5.91 Å². The van der Waals surface area contributed by atoms with Crippen LogP contribution in [0.1, 0.15) is 40.5 Å². The fourth-order valence-electron chi connectivity index (χ4n) is 1.87. The number of aromatic nitrogens is 2. The van der Waals surface area contributed by atoms with Crippen molar-refractivity contribution in [2.45, 2.75) is 59.2 Å². The summed E-state index contributed by atoms with van der Waals surface area (Å²) in [4.78, 5) is 36.2. The Kier molecular flexibility index (Phi) is 5.34. The number of carbonyl (C=O) groups is 1. The number of nitrogens with one attached hydrogen (secondary N) is 1. The van der Waals surface area contributed by atoms with Gasteiger partial charge in [-0.1, -0.05) is 13.8 Å². The Hall–Kier alpha value is -2.05. The number of nitrogen functional groups attached to an aromatic ring is 1. The lowest BCUT2D eigenvalue weighted by atomic mass is 10.0. The predicted octanol–water partition coefficient (Wildman–Crippen LogP) is 0.307. The van der Waals surface area contributed by atoms with E-state index in [1.165, 1.54) is 10.8 Å². The third-order valence-electron chi connectivity index (χ3n) is 3.39. The van der Waals surface area contributed by atoms with Gasteiger partial charge in [-0.25, -0.2) is 9.36 Å². The lowest BCUT2D eigenvalue weighted by Crippen LogP contribution is -2.48. The molecule has 0 aliphatic carbocycles. The first kappa shape index (κ1) is 17.0. The van der Waals surface area contributed by atoms with Crippen LogP contribution in [0.15, 0.2) is 15.8 Å². The molecule has 21 heavy (non-hydrogen) atoms. The molecule has 1 heterocycles. The Morgan fingerprint density at radius 1 is 1.33 bits per heavy atom.